The van der Waals surface area contributed by atoms with Crippen LogP contribution >= 0.6 is 0 Å². The van der Waals surface area contributed by atoms with Crippen LogP contribution in [0.25, 0.3) is 0 Å². The molecule has 1 aromatic rings. The SMILES string of the molecule is NC(=O)N(CCCO)Cc1ccncc1. The molecular formula is C10H15N3O2. The number of urea groups is 1. The number of primary amides is 1. The number of aromatic nitrogens is 1. The lowest BCUT2D eigenvalue weighted by Crippen LogP contribution is -2.36. The van der Waals surface area contributed by atoms with E-state index >= 15 is 0 Å². The molecule has 1 aromatic heterocycles. The van der Waals surface area contributed by atoms with E-state index in [-0.39, 0.29) is 6.61 Å². The Bertz CT molecular complexity index is 303. The summed E-state index contributed by atoms with van der Waals surface area (Å²) in [5.74, 6) is 0. The van der Waals surface area contributed by atoms with E-state index in [1.54, 1.807) is 12.4 Å². The number of pyridine rings is 1. The maximum atomic E-state index is 11.1. The summed E-state index contributed by atoms with van der Waals surface area (Å²) in [5, 5.41) is 8.67. The largest absolute Gasteiger partial charge is 0.396 e. The highest BCUT2D eigenvalue weighted by Crippen LogP contribution is 2.03. The monoisotopic (exact) mass is 209 g/mol. The Morgan fingerprint density at radius 1 is 1.47 bits per heavy atom. The molecule has 0 bridgehead atoms. The van der Waals surface area contributed by atoms with Gasteiger partial charge in [0.2, 0.25) is 0 Å². The van der Waals surface area contributed by atoms with Crippen molar-refractivity contribution in [3.63, 3.8) is 0 Å². The number of nitrogens with two attached hydrogens (primary N) is 1. The lowest BCUT2D eigenvalue weighted by atomic mass is 10.2. The van der Waals surface area contributed by atoms with Crippen molar-refractivity contribution in [2.45, 2.75) is 13.0 Å². The van der Waals surface area contributed by atoms with E-state index in [0.717, 1.165) is 5.56 Å². The summed E-state index contributed by atoms with van der Waals surface area (Å²) in [6, 6.07) is 3.18. The quantitative estimate of drug-likeness (QED) is 0.734. The van der Waals surface area contributed by atoms with Crippen LogP contribution < -0.4 is 5.73 Å². The molecule has 0 aromatic carbocycles. The van der Waals surface area contributed by atoms with Crippen molar-refractivity contribution in [2.75, 3.05) is 13.2 Å². The van der Waals surface area contributed by atoms with Gasteiger partial charge in [-0.25, -0.2) is 4.79 Å². The van der Waals surface area contributed by atoms with Crippen molar-refractivity contribution in [1.82, 2.24) is 9.88 Å². The fourth-order valence-corrected chi connectivity index (χ4v) is 1.24. The predicted molar refractivity (Wildman–Crippen MR) is 55.9 cm³/mol. The van der Waals surface area contributed by atoms with E-state index in [1.165, 1.54) is 4.90 Å². The molecule has 3 N–H and O–H groups in total. The normalized spacial score (nSPS) is 9.93. The third-order valence-electron chi connectivity index (χ3n) is 2.02. The number of rotatable bonds is 5. The first-order valence-electron chi connectivity index (χ1n) is 4.78. The molecule has 1 heterocycles. The van der Waals surface area contributed by atoms with E-state index in [9.17, 15) is 4.79 Å². The van der Waals surface area contributed by atoms with Crippen LogP contribution in [0.4, 0.5) is 4.79 Å². The van der Waals surface area contributed by atoms with Gasteiger partial charge in [0.15, 0.2) is 0 Å². The summed E-state index contributed by atoms with van der Waals surface area (Å²) in [6.07, 6.45) is 3.87. The zero-order valence-corrected chi connectivity index (χ0v) is 8.47. The van der Waals surface area contributed by atoms with Crippen LogP contribution in [0.2, 0.25) is 0 Å². The summed E-state index contributed by atoms with van der Waals surface area (Å²) in [6.45, 7) is 0.978. The van der Waals surface area contributed by atoms with Crippen molar-refractivity contribution >= 4 is 6.03 Å². The Labute approximate surface area is 88.5 Å². The molecule has 82 valence electrons. The smallest absolute Gasteiger partial charge is 0.315 e. The molecule has 0 radical (unpaired) electrons. The van der Waals surface area contributed by atoms with Gasteiger partial charge in [-0.3, -0.25) is 4.98 Å². The van der Waals surface area contributed by atoms with Crippen LogP contribution in [0.3, 0.4) is 0 Å². The third-order valence-corrected chi connectivity index (χ3v) is 2.02. The minimum absolute atomic E-state index is 0.0557. The molecule has 0 aliphatic carbocycles. The second kappa shape index (κ2) is 5.98. The molecule has 15 heavy (non-hydrogen) atoms. The van der Waals surface area contributed by atoms with Gasteiger partial charge in [0.05, 0.1) is 0 Å². The lowest BCUT2D eigenvalue weighted by Gasteiger charge is -2.19. The van der Waals surface area contributed by atoms with E-state index in [1.807, 2.05) is 12.1 Å². The van der Waals surface area contributed by atoms with E-state index < -0.39 is 6.03 Å². The van der Waals surface area contributed by atoms with Gasteiger partial charge >= 0.3 is 6.03 Å². The zero-order chi connectivity index (χ0) is 11.1. The van der Waals surface area contributed by atoms with E-state index in [2.05, 4.69) is 4.98 Å². The van der Waals surface area contributed by atoms with Gasteiger partial charge in [-0.05, 0) is 24.1 Å². The summed E-state index contributed by atoms with van der Waals surface area (Å²) in [4.78, 5) is 16.4. The number of aliphatic hydroxyl groups is 1. The molecule has 2 amide bonds. The first-order valence-corrected chi connectivity index (χ1v) is 4.78. The molecule has 0 aliphatic heterocycles. The Kier molecular flexibility index (Phi) is 4.56. The average Bonchev–Trinajstić information content (AvgIpc) is 2.25. The molecule has 0 fully saturated rings. The number of aliphatic hydroxyl groups excluding tert-OH is 1. The van der Waals surface area contributed by atoms with Crippen LogP contribution in [-0.2, 0) is 6.54 Å². The van der Waals surface area contributed by atoms with Crippen LogP contribution in [0.1, 0.15) is 12.0 Å². The minimum atomic E-state index is -0.472. The molecular weight excluding hydrogens is 194 g/mol. The van der Waals surface area contributed by atoms with Gasteiger partial charge in [-0.1, -0.05) is 0 Å². The van der Waals surface area contributed by atoms with Crippen LogP contribution in [0, 0.1) is 0 Å². The molecule has 0 saturated heterocycles. The van der Waals surface area contributed by atoms with E-state index in [4.69, 9.17) is 10.8 Å². The summed E-state index contributed by atoms with van der Waals surface area (Å²) < 4.78 is 0. The summed E-state index contributed by atoms with van der Waals surface area (Å²) >= 11 is 0. The van der Waals surface area contributed by atoms with Crippen molar-refractivity contribution in [3.05, 3.63) is 30.1 Å². The molecule has 0 saturated carbocycles. The maximum absolute atomic E-state index is 11.1. The van der Waals surface area contributed by atoms with Crippen molar-refractivity contribution in [2.24, 2.45) is 5.73 Å². The Morgan fingerprint density at radius 2 is 2.13 bits per heavy atom. The van der Waals surface area contributed by atoms with Gasteiger partial charge in [0.1, 0.15) is 0 Å². The molecule has 5 nitrogen and oxygen atoms in total. The molecule has 0 spiro atoms. The second-order valence-electron chi connectivity index (χ2n) is 3.19. The predicted octanol–water partition coefficient (Wildman–Crippen LogP) is 0.345. The van der Waals surface area contributed by atoms with Crippen LogP contribution in [0.5, 0.6) is 0 Å². The zero-order valence-electron chi connectivity index (χ0n) is 8.47. The second-order valence-corrected chi connectivity index (χ2v) is 3.19. The Morgan fingerprint density at radius 3 is 2.67 bits per heavy atom. The number of hydrogen-bond donors (Lipinski definition) is 2. The van der Waals surface area contributed by atoms with Gasteiger partial charge in [-0.2, -0.15) is 0 Å². The first-order chi connectivity index (χ1) is 7.24. The van der Waals surface area contributed by atoms with Gasteiger partial charge in [-0.15, -0.1) is 0 Å². The average molecular weight is 209 g/mol. The highest BCUT2D eigenvalue weighted by Gasteiger charge is 2.09. The highest BCUT2D eigenvalue weighted by atomic mass is 16.3. The summed E-state index contributed by atoms with van der Waals surface area (Å²) in [5.41, 5.74) is 6.19. The van der Waals surface area contributed by atoms with E-state index in [0.29, 0.717) is 19.5 Å². The lowest BCUT2D eigenvalue weighted by molar-refractivity contribution is 0.195. The number of hydrogen-bond acceptors (Lipinski definition) is 3. The number of amides is 2. The Balaban J connectivity index is 2.55. The standard InChI is InChI=1S/C10H15N3O2/c11-10(15)13(6-1-7-14)8-9-2-4-12-5-3-9/h2-5,14H,1,6-8H2,(H2,11,15). The topological polar surface area (TPSA) is 79.5 Å². The van der Waals surface area contributed by atoms with Gasteiger partial charge < -0.3 is 15.7 Å². The number of carbonyl (C=O) groups excluding carboxylic acids is 1. The van der Waals surface area contributed by atoms with Crippen molar-refractivity contribution in [1.29, 1.82) is 0 Å². The van der Waals surface area contributed by atoms with Crippen LogP contribution in [-0.4, -0.2) is 34.2 Å². The third kappa shape index (κ3) is 3.95. The van der Waals surface area contributed by atoms with Crippen LogP contribution in [0.15, 0.2) is 24.5 Å². The Hall–Kier alpha value is -1.62. The van der Waals surface area contributed by atoms with Crippen molar-refractivity contribution in [3.8, 4) is 0 Å². The summed E-state index contributed by atoms with van der Waals surface area (Å²) in [7, 11) is 0. The first kappa shape index (κ1) is 11.5. The molecule has 0 aliphatic rings. The fraction of sp³-hybridized carbons (Fsp3) is 0.400. The van der Waals surface area contributed by atoms with Gasteiger partial charge in [0, 0.05) is 32.1 Å². The molecule has 0 unspecified atom stereocenters. The van der Waals surface area contributed by atoms with Crippen molar-refractivity contribution < 1.29 is 9.90 Å². The minimum Gasteiger partial charge on any atom is -0.396 e. The highest BCUT2D eigenvalue weighted by molar-refractivity contribution is 5.71. The van der Waals surface area contributed by atoms with Gasteiger partial charge in [0.25, 0.3) is 0 Å². The molecule has 5 heteroatoms. The fourth-order valence-electron chi connectivity index (χ4n) is 1.24. The molecule has 1 rings (SSSR count). The number of nitrogens with zero attached hydrogens (tertiary/aromatic N) is 2. The maximum Gasteiger partial charge on any atom is 0.315 e. The molecule has 0 atom stereocenters. The number of carbonyl (C=O) groups is 1.